The molecule has 1 aliphatic rings. The molecule has 0 saturated heterocycles. The van der Waals surface area contributed by atoms with Gasteiger partial charge in [-0.1, -0.05) is 44.2 Å². The number of nitrogens with one attached hydrogen (secondary N) is 1. The Morgan fingerprint density at radius 3 is 2.58 bits per heavy atom. The van der Waals surface area contributed by atoms with Gasteiger partial charge in [-0.2, -0.15) is 0 Å². The summed E-state index contributed by atoms with van der Waals surface area (Å²) in [4.78, 5) is 28.6. The number of fused-ring (bicyclic) bond motifs is 3. The fraction of sp³-hybridized carbons (Fsp3) is 0.360. The van der Waals surface area contributed by atoms with Crippen molar-refractivity contribution < 1.29 is 14.0 Å². The standard InChI is InChI=1S/C25H28FN3O2/c1-17(2)12-13-27-24(31)25(3)16-28-21-7-5-4-6-19(21)14-22(28)23(30)29(25)15-18-8-10-20(26)11-9-18/h4-11,14,17H,12-13,15-16H2,1-3H3,(H,27,31)/t25-/m1/s1. The van der Waals surface area contributed by atoms with Crippen molar-refractivity contribution in [2.75, 3.05) is 6.54 Å². The number of carbonyl (C=O) groups is 2. The maximum absolute atomic E-state index is 13.6. The summed E-state index contributed by atoms with van der Waals surface area (Å²) in [6.07, 6.45) is 0.866. The quantitative estimate of drug-likeness (QED) is 0.643. The lowest BCUT2D eigenvalue weighted by Crippen LogP contribution is -2.63. The van der Waals surface area contributed by atoms with Crippen LogP contribution >= 0.6 is 0 Å². The van der Waals surface area contributed by atoms with Crippen LogP contribution in [0.2, 0.25) is 0 Å². The summed E-state index contributed by atoms with van der Waals surface area (Å²) in [7, 11) is 0. The van der Waals surface area contributed by atoms with Gasteiger partial charge in [0, 0.05) is 24.0 Å². The van der Waals surface area contributed by atoms with E-state index in [1.807, 2.05) is 41.8 Å². The number of halogens is 1. The third-order valence-corrected chi connectivity index (χ3v) is 6.09. The van der Waals surface area contributed by atoms with Crippen molar-refractivity contribution in [1.82, 2.24) is 14.8 Å². The molecule has 3 aromatic rings. The van der Waals surface area contributed by atoms with E-state index in [-0.39, 0.29) is 24.2 Å². The van der Waals surface area contributed by atoms with Crippen LogP contribution in [-0.2, 0) is 17.9 Å². The number of para-hydroxylation sites is 1. The molecule has 0 spiro atoms. The number of amides is 2. The van der Waals surface area contributed by atoms with Crippen molar-refractivity contribution >= 4 is 22.7 Å². The number of carbonyl (C=O) groups excluding carboxylic acids is 2. The number of aromatic nitrogens is 1. The third kappa shape index (κ3) is 3.94. The number of benzene rings is 2. The number of rotatable bonds is 6. The molecule has 0 unspecified atom stereocenters. The highest BCUT2D eigenvalue weighted by atomic mass is 19.1. The predicted molar refractivity (Wildman–Crippen MR) is 119 cm³/mol. The Bertz CT molecular complexity index is 1120. The van der Waals surface area contributed by atoms with Gasteiger partial charge in [0.25, 0.3) is 5.91 Å². The molecule has 2 heterocycles. The predicted octanol–water partition coefficient (Wildman–Crippen LogP) is 4.36. The Balaban J connectivity index is 1.73. The zero-order valence-electron chi connectivity index (χ0n) is 18.2. The van der Waals surface area contributed by atoms with Crippen LogP contribution in [0.3, 0.4) is 0 Å². The molecule has 6 heteroatoms. The molecular formula is C25H28FN3O2. The van der Waals surface area contributed by atoms with Crippen LogP contribution in [0.5, 0.6) is 0 Å². The van der Waals surface area contributed by atoms with Gasteiger partial charge in [-0.25, -0.2) is 4.39 Å². The summed E-state index contributed by atoms with van der Waals surface area (Å²) >= 11 is 0. The molecule has 0 saturated carbocycles. The van der Waals surface area contributed by atoms with Gasteiger partial charge >= 0.3 is 0 Å². The van der Waals surface area contributed by atoms with Gasteiger partial charge in [0.05, 0.1) is 6.54 Å². The first kappa shape index (κ1) is 21.1. The van der Waals surface area contributed by atoms with Crippen LogP contribution in [0, 0.1) is 11.7 Å². The topological polar surface area (TPSA) is 54.3 Å². The van der Waals surface area contributed by atoms with Crippen LogP contribution in [0.1, 0.15) is 43.2 Å². The van der Waals surface area contributed by atoms with Gasteiger partial charge in [0.1, 0.15) is 17.1 Å². The Hall–Kier alpha value is -3.15. The van der Waals surface area contributed by atoms with Crippen molar-refractivity contribution in [3.63, 3.8) is 0 Å². The lowest BCUT2D eigenvalue weighted by Gasteiger charge is -2.44. The minimum absolute atomic E-state index is 0.174. The molecular weight excluding hydrogens is 393 g/mol. The van der Waals surface area contributed by atoms with E-state index in [0.717, 1.165) is 22.9 Å². The molecule has 0 aliphatic carbocycles. The first-order valence-electron chi connectivity index (χ1n) is 10.7. The molecule has 1 atom stereocenters. The van der Waals surface area contributed by atoms with Crippen LogP contribution in [0.25, 0.3) is 10.9 Å². The van der Waals surface area contributed by atoms with Crippen molar-refractivity contribution in [2.24, 2.45) is 5.92 Å². The molecule has 1 aliphatic heterocycles. The maximum atomic E-state index is 13.6. The number of nitrogens with zero attached hydrogens (tertiary/aromatic N) is 2. The highest BCUT2D eigenvalue weighted by molar-refractivity contribution is 6.03. The van der Waals surface area contributed by atoms with Crippen molar-refractivity contribution in [3.05, 3.63) is 71.7 Å². The fourth-order valence-electron chi connectivity index (χ4n) is 4.19. The normalized spacial score (nSPS) is 18.5. The van der Waals surface area contributed by atoms with Gasteiger partial charge < -0.3 is 14.8 Å². The van der Waals surface area contributed by atoms with Crippen LogP contribution < -0.4 is 5.32 Å². The largest absolute Gasteiger partial charge is 0.354 e. The van der Waals surface area contributed by atoms with E-state index in [2.05, 4.69) is 19.2 Å². The van der Waals surface area contributed by atoms with Gasteiger partial charge in [-0.15, -0.1) is 0 Å². The highest BCUT2D eigenvalue weighted by Gasteiger charge is 2.47. The molecule has 2 amide bonds. The fourth-order valence-corrected chi connectivity index (χ4v) is 4.19. The van der Waals surface area contributed by atoms with E-state index in [0.29, 0.717) is 24.7 Å². The Labute approximate surface area is 181 Å². The minimum Gasteiger partial charge on any atom is -0.354 e. The van der Waals surface area contributed by atoms with Gasteiger partial charge in [-0.3, -0.25) is 9.59 Å². The van der Waals surface area contributed by atoms with E-state index in [9.17, 15) is 14.0 Å². The molecule has 0 fully saturated rings. The van der Waals surface area contributed by atoms with Gasteiger partial charge in [-0.05, 0) is 49.1 Å². The monoisotopic (exact) mass is 421 g/mol. The molecule has 0 radical (unpaired) electrons. The summed E-state index contributed by atoms with van der Waals surface area (Å²) in [6.45, 7) is 7.18. The molecule has 1 aromatic heterocycles. The molecule has 31 heavy (non-hydrogen) atoms. The lowest BCUT2D eigenvalue weighted by atomic mass is 9.93. The van der Waals surface area contributed by atoms with Crippen LogP contribution in [0.4, 0.5) is 4.39 Å². The third-order valence-electron chi connectivity index (χ3n) is 6.09. The second kappa shape index (κ2) is 8.17. The SMILES string of the molecule is CC(C)CCNC(=O)[C@@]1(C)Cn2c(cc3ccccc32)C(=O)N1Cc1ccc(F)cc1. The lowest BCUT2D eigenvalue weighted by molar-refractivity contribution is -0.133. The Kier molecular flexibility index (Phi) is 5.56. The van der Waals surface area contributed by atoms with E-state index >= 15 is 0 Å². The zero-order chi connectivity index (χ0) is 22.2. The van der Waals surface area contributed by atoms with Gasteiger partial charge in [0.15, 0.2) is 0 Å². The summed E-state index contributed by atoms with van der Waals surface area (Å²) in [5.74, 6) is -0.236. The summed E-state index contributed by atoms with van der Waals surface area (Å²) in [5.41, 5.74) is 1.21. The van der Waals surface area contributed by atoms with E-state index in [1.165, 1.54) is 12.1 Å². The average molecular weight is 422 g/mol. The minimum atomic E-state index is -1.07. The second-order valence-electron chi connectivity index (χ2n) is 8.90. The smallest absolute Gasteiger partial charge is 0.271 e. The van der Waals surface area contributed by atoms with Crippen LogP contribution in [0.15, 0.2) is 54.6 Å². The Morgan fingerprint density at radius 1 is 1.16 bits per heavy atom. The molecule has 162 valence electrons. The van der Waals surface area contributed by atoms with E-state index < -0.39 is 5.54 Å². The Morgan fingerprint density at radius 2 is 1.87 bits per heavy atom. The molecule has 5 nitrogen and oxygen atoms in total. The van der Waals surface area contributed by atoms with E-state index in [1.54, 1.807) is 17.0 Å². The molecule has 4 rings (SSSR count). The summed E-state index contributed by atoms with van der Waals surface area (Å²) < 4.78 is 15.3. The van der Waals surface area contributed by atoms with Crippen molar-refractivity contribution in [2.45, 2.75) is 45.8 Å². The van der Waals surface area contributed by atoms with Crippen LogP contribution in [-0.4, -0.2) is 33.4 Å². The first-order valence-corrected chi connectivity index (χ1v) is 10.7. The highest BCUT2D eigenvalue weighted by Crippen LogP contribution is 2.33. The maximum Gasteiger partial charge on any atom is 0.271 e. The zero-order valence-corrected chi connectivity index (χ0v) is 18.2. The molecule has 2 aromatic carbocycles. The molecule has 1 N–H and O–H groups in total. The van der Waals surface area contributed by atoms with E-state index in [4.69, 9.17) is 0 Å². The number of hydrogen-bond acceptors (Lipinski definition) is 2. The molecule has 0 bridgehead atoms. The van der Waals surface area contributed by atoms with Crippen molar-refractivity contribution in [3.8, 4) is 0 Å². The number of hydrogen-bond donors (Lipinski definition) is 1. The summed E-state index contributed by atoms with van der Waals surface area (Å²) in [5, 5.41) is 4.00. The second-order valence-corrected chi connectivity index (χ2v) is 8.90. The van der Waals surface area contributed by atoms with Gasteiger partial charge in [0.2, 0.25) is 5.91 Å². The average Bonchev–Trinajstić information content (AvgIpc) is 3.10. The first-order chi connectivity index (χ1) is 14.8. The van der Waals surface area contributed by atoms with Crippen molar-refractivity contribution in [1.29, 1.82) is 0 Å². The summed E-state index contributed by atoms with van der Waals surface area (Å²) in [6, 6.07) is 15.8.